The van der Waals surface area contributed by atoms with E-state index in [-0.39, 0.29) is 29.9 Å². The first kappa shape index (κ1) is 20.9. The molecule has 1 aliphatic heterocycles. The van der Waals surface area contributed by atoms with Gasteiger partial charge in [-0.15, -0.1) is 0 Å². The van der Waals surface area contributed by atoms with Crippen LogP contribution < -0.4 is 16.0 Å². The number of hydrogen-bond acceptors (Lipinski definition) is 4. The first-order valence-corrected chi connectivity index (χ1v) is 10.7. The van der Waals surface area contributed by atoms with Crippen LogP contribution in [0.25, 0.3) is 0 Å². The predicted molar refractivity (Wildman–Crippen MR) is 114 cm³/mol. The first-order chi connectivity index (χ1) is 13.9. The van der Waals surface area contributed by atoms with Gasteiger partial charge in [0.05, 0.1) is 0 Å². The van der Waals surface area contributed by atoms with Crippen LogP contribution in [0, 0.1) is 0 Å². The third-order valence-corrected chi connectivity index (χ3v) is 5.37. The summed E-state index contributed by atoms with van der Waals surface area (Å²) in [6, 6.07) is 8.55. The van der Waals surface area contributed by atoms with Gasteiger partial charge in [-0.1, -0.05) is 6.07 Å². The number of urea groups is 1. The fraction of sp³-hybridized carbons (Fsp3) is 0.381. The molecule has 0 aliphatic carbocycles. The lowest BCUT2D eigenvalue weighted by Crippen LogP contribution is -2.46. The Kier molecular flexibility index (Phi) is 6.87. The molecule has 4 amide bonds. The zero-order valence-corrected chi connectivity index (χ0v) is 17.4. The van der Waals surface area contributed by atoms with Crippen LogP contribution in [0.1, 0.15) is 47.4 Å². The Bertz CT molecular complexity index is 859. The molecule has 3 rings (SSSR count). The first-order valence-electron chi connectivity index (χ1n) is 9.72. The molecule has 1 aliphatic rings. The van der Waals surface area contributed by atoms with E-state index < -0.39 is 0 Å². The predicted octanol–water partition coefficient (Wildman–Crippen LogP) is 3.31. The molecule has 1 fully saturated rings. The molecule has 0 unspecified atom stereocenters. The number of benzene rings is 1. The SMILES string of the molecule is CC(C)NC(=O)Nc1cccc(C(=O)N2CCC(NC(=O)c3ccsc3)CC2)c1. The second-order valence-electron chi connectivity index (χ2n) is 7.39. The maximum absolute atomic E-state index is 12.8. The molecule has 29 heavy (non-hydrogen) atoms. The van der Waals surface area contributed by atoms with Gasteiger partial charge in [-0.3, -0.25) is 9.59 Å². The van der Waals surface area contributed by atoms with Crippen LogP contribution in [0.4, 0.5) is 10.5 Å². The molecule has 3 N–H and O–H groups in total. The summed E-state index contributed by atoms with van der Waals surface area (Å²) in [6.45, 7) is 4.93. The molecule has 0 bridgehead atoms. The van der Waals surface area contributed by atoms with Gasteiger partial charge in [0.25, 0.3) is 11.8 Å². The number of anilines is 1. The highest BCUT2D eigenvalue weighted by Crippen LogP contribution is 2.17. The normalized spacial score (nSPS) is 14.5. The van der Waals surface area contributed by atoms with Crippen molar-refractivity contribution in [1.29, 1.82) is 0 Å². The quantitative estimate of drug-likeness (QED) is 0.701. The number of rotatable bonds is 5. The molecule has 2 heterocycles. The molecule has 0 atom stereocenters. The van der Waals surface area contributed by atoms with Gasteiger partial charge < -0.3 is 20.9 Å². The van der Waals surface area contributed by atoms with E-state index in [0.29, 0.717) is 29.9 Å². The number of nitrogens with zero attached hydrogens (tertiary/aromatic N) is 1. The van der Waals surface area contributed by atoms with Crippen LogP contribution in [-0.2, 0) is 0 Å². The van der Waals surface area contributed by atoms with Crippen LogP contribution in [0.15, 0.2) is 41.1 Å². The van der Waals surface area contributed by atoms with Crippen LogP contribution in [-0.4, -0.2) is 47.9 Å². The summed E-state index contributed by atoms with van der Waals surface area (Å²) in [5.74, 6) is -0.130. The van der Waals surface area contributed by atoms with Crippen molar-refractivity contribution >= 4 is 34.9 Å². The van der Waals surface area contributed by atoms with Crippen molar-refractivity contribution in [3.05, 3.63) is 52.2 Å². The molecule has 1 saturated heterocycles. The number of thiophene rings is 1. The summed E-state index contributed by atoms with van der Waals surface area (Å²) in [5.41, 5.74) is 1.79. The summed E-state index contributed by atoms with van der Waals surface area (Å²) in [4.78, 5) is 38.7. The van der Waals surface area contributed by atoms with Gasteiger partial charge in [0.1, 0.15) is 0 Å². The van der Waals surface area contributed by atoms with E-state index in [1.165, 1.54) is 11.3 Å². The van der Waals surface area contributed by atoms with E-state index in [1.807, 2.05) is 24.6 Å². The molecular formula is C21H26N4O3S. The van der Waals surface area contributed by atoms with Crippen molar-refractivity contribution in [2.24, 2.45) is 0 Å². The Labute approximate surface area is 174 Å². The largest absolute Gasteiger partial charge is 0.349 e. The Morgan fingerprint density at radius 1 is 1.10 bits per heavy atom. The van der Waals surface area contributed by atoms with Crippen LogP contribution >= 0.6 is 11.3 Å². The number of hydrogen-bond donors (Lipinski definition) is 3. The van der Waals surface area contributed by atoms with E-state index in [4.69, 9.17) is 0 Å². The van der Waals surface area contributed by atoms with Crippen molar-refractivity contribution < 1.29 is 14.4 Å². The highest BCUT2D eigenvalue weighted by molar-refractivity contribution is 7.08. The summed E-state index contributed by atoms with van der Waals surface area (Å²) in [7, 11) is 0. The van der Waals surface area contributed by atoms with Crippen molar-refractivity contribution in [3.63, 3.8) is 0 Å². The third-order valence-electron chi connectivity index (χ3n) is 4.69. The lowest BCUT2D eigenvalue weighted by Gasteiger charge is -2.32. The number of likely N-dealkylation sites (tertiary alicyclic amines) is 1. The monoisotopic (exact) mass is 414 g/mol. The molecule has 0 radical (unpaired) electrons. The third kappa shape index (κ3) is 5.80. The number of amides is 4. The van der Waals surface area contributed by atoms with E-state index in [1.54, 1.807) is 35.2 Å². The number of carbonyl (C=O) groups is 3. The summed E-state index contributed by atoms with van der Waals surface area (Å²) < 4.78 is 0. The van der Waals surface area contributed by atoms with Crippen molar-refractivity contribution in [1.82, 2.24) is 15.5 Å². The fourth-order valence-electron chi connectivity index (χ4n) is 3.23. The van der Waals surface area contributed by atoms with Crippen LogP contribution in [0.3, 0.4) is 0 Å². The average Bonchev–Trinajstić information content (AvgIpc) is 3.22. The standard InChI is InChI=1S/C21H26N4O3S/c1-14(2)22-21(28)24-18-5-3-4-15(12-18)20(27)25-9-6-17(7-10-25)23-19(26)16-8-11-29-13-16/h3-5,8,11-14,17H,6-7,9-10H2,1-2H3,(H,23,26)(H2,22,24,28). The minimum atomic E-state index is -0.299. The number of nitrogens with one attached hydrogen (secondary N) is 3. The molecule has 2 aromatic rings. The summed E-state index contributed by atoms with van der Waals surface area (Å²) >= 11 is 1.50. The van der Waals surface area contributed by atoms with Crippen molar-refractivity contribution in [2.75, 3.05) is 18.4 Å². The van der Waals surface area contributed by atoms with Gasteiger partial charge in [-0.25, -0.2) is 4.79 Å². The van der Waals surface area contributed by atoms with Gasteiger partial charge in [0.15, 0.2) is 0 Å². The van der Waals surface area contributed by atoms with Gasteiger partial charge in [0, 0.05) is 47.4 Å². The molecule has 1 aromatic heterocycles. The van der Waals surface area contributed by atoms with Crippen LogP contribution in [0.5, 0.6) is 0 Å². The molecule has 0 saturated carbocycles. The van der Waals surface area contributed by atoms with Crippen LogP contribution in [0.2, 0.25) is 0 Å². The van der Waals surface area contributed by atoms with Crippen molar-refractivity contribution in [2.45, 2.75) is 38.8 Å². The Hall–Kier alpha value is -2.87. The average molecular weight is 415 g/mol. The zero-order chi connectivity index (χ0) is 20.8. The van der Waals surface area contributed by atoms with Gasteiger partial charge in [0.2, 0.25) is 0 Å². The maximum Gasteiger partial charge on any atom is 0.319 e. The molecular weight excluding hydrogens is 388 g/mol. The van der Waals surface area contributed by atoms with Crippen molar-refractivity contribution in [3.8, 4) is 0 Å². The molecule has 0 spiro atoms. The smallest absolute Gasteiger partial charge is 0.319 e. The van der Waals surface area contributed by atoms with Gasteiger partial charge in [-0.05, 0) is 56.3 Å². The zero-order valence-electron chi connectivity index (χ0n) is 16.6. The highest BCUT2D eigenvalue weighted by atomic mass is 32.1. The number of carbonyl (C=O) groups excluding carboxylic acids is 3. The van der Waals surface area contributed by atoms with Gasteiger partial charge >= 0.3 is 6.03 Å². The topological polar surface area (TPSA) is 90.5 Å². The molecule has 154 valence electrons. The fourth-order valence-corrected chi connectivity index (χ4v) is 3.87. The highest BCUT2D eigenvalue weighted by Gasteiger charge is 2.25. The lowest BCUT2D eigenvalue weighted by molar-refractivity contribution is 0.0698. The summed E-state index contributed by atoms with van der Waals surface area (Å²) in [5, 5.41) is 12.3. The minimum Gasteiger partial charge on any atom is -0.349 e. The molecule has 7 nitrogen and oxygen atoms in total. The Balaban J connectivity index is 1.53. The second kappa shape index (κ2) is 9.56. The second-order valence-corrected chi connectivity index (χ2v) is 8.17. The molecule has 1 aromatic carbocycles. The maximum atomic E-state index is 12.8. The van der Waals surface area contributed by atoms with E-state index >= 15 is 0 Å². The Morgan fingerprint density at radius 2 is 1.86 bits per heavy atom. The van der Waals surface area contributed by atoms with E-state index in [0.717, 1.165) is 12.8 Å². The Morgan fingerprint density at radius 3 is 2.52 bits per heavy atom. The van der Waals surface area contributed by atoms with Gasteiger partial charge in [-0.2, -0.15) is 11.3 Å². The minimum absolute atomic E-state index is 0.0290. The van der Waals surface area contributed by atoms with E-state index in [2.05, 4.69) is 16.0 Å². The summed E-state index contributed by atoms with van der Waals surface area (Å²) in [6.07, 6.45) is 1.44. The lowest BCUT2D eigenvalue weighted by atomic mass is 10.0. The number of piperidine rings is 1. The van der Waals surface area contributed by atoms with E-state index in [9.17, 15) is 14.4 Å². The molecule has 8 heteroatoms.